The van der Waals surface area contributed by atoms with Crippen molar-refractivity contribution < 1.29 is 9.90 Å². The Morgan fingerprint density at radius 2 is 2.33 bits per heavy atom. The zero-order chi connectivity index (χ0) is 8.97. The fourth-order valence-electron chi connectivity index (χ4n) is 1.34. The van der Waals surface area contributed by atoms with Crippen LogP contribution in [0.3, 0.4) is 0 Å². The van der Waals surface area contributed by atoms with Gasteiger partial charge >= 0.3 is 0 Å². The van der Waals surface area contributed by atoms with E-state index in [2.05, 4.69) is 5.32 Å². The van der Waals surface area contributed by atoms with Gasteiger partial charge in [0.25, 0.3) is 0 Å². The van der Waals surface area contributed by atoms with Crippen LogP contribution in [0.1, 0.15) is 32.6 Å². The summed E-state index contributed by atoms with van der Waals surface area (Å²) in [6.45, 7) is 1.83. The summed E-state index contributed by atoms with van der Waals surface area (Å²) >= 11 is 0. The predicted octanol–water partition coefficient (Wildman–Crippen LogP) is 0.674. The Labute approximate surface area is 73.2 Å². The minimum Gasteiger partial charge on any atom is -0.394 e. The van der Waals surface area contributed by atoms with Gasteiger partial charge in [-0.2, -0.15) is 0 Å². The van der Waals surface area contributed by atoms with Crippen LogP contribution in [-0.2, 0) is 4.79 Å². The molecule has 0 spiro atoms. The largest absolute Gasteiger partial charge is 0.394 e. The van der Waals surface area contributed by atoms with Gasteiger partial charge in [0.1, 0.15) is 0 Å². The molecule has 1 atom stereocenters. The summed E-state index contributed by atoms with van der Waals surface area (Å²) in [6, 6.07) is -0.0995. The lowest BCUT2D eigenvalue weighted by molar-refractivity contribution is -0.123. The van der Waals surface area contributed by atoms with E-state index in [0.29, 0.717) is 12.3 Å². The van der Waals surface area contributed by atoms with Crippen LogP contribution in [0.5, 0.6) is 0 Å². The highest BCUT2D eigenvalue weighted by molar-refractivity contribution is 5.76. The number of aliphatic hydroxyl groups is 1. The number of aliphatic hydroxyl groups excluding tert-OH is 1. The smallest absolute Gasteiger partial charge is 0.220 e. The van der Waals surface area contributed by atoms with Gasteiger partial charge in [0, 0.05) is 12.5 Å². The molecule has 1 fully saturated rings. The molecular formula is C9H17NO2. The van der Waals surface area contributed by atoms with E-state index < -0.39 is 0 Å². The molecule has 0 aromatic carbocycles. The second-order valence-electron chi connectivity index (χ2n) is 3.65. The van der Waals surface area contributed by atoms with E-state index >= 15 is 0 Å². The highest BCUT2D eigenvalue weighted by atomic mass is 16.3. The van der Waals surface area contributed by atoms with Gasteiger partial charge in [-0.1, -0.05) is 6.42 Å². The molecule has 0 bridgehead atoms. The third-order valence-electron chi connectivity index (χ3n) is 2.38. The Bertz CT molecular complexity index is 146. The number of amides is 1. The standard InChI is InChI=1S/C9H17NO2/c1-7(6-11)10-9(12)5-8-3-2-4-8/h7-8,11H,2-6H2,1H3,(H,10,12)/t7-/m0/s1. The molecule has 2 N–H and O–H groups in total. The van der Waals surface area contributed by atoms with Crippen LogP contribution in [0.25, 0.3) is 0 Å². The molecule has 0 aromatic rings. The van der Waals surface area contributed by atoms with E-state index in [9.17, 15) is 4.79 Å². The number of hydrogen-bond acceptors (Lipinski definition) is 2. The quantitative estimate of drug-likeness (QED) is 0.653. The van der Waals surface area contributed by atoms with E-state index in [1.165, 1.54) is 19.3 Å². The maximum Gasteiger partial charge on any atom is 0.220 e. The summed E-state index contributed by atoms with van der Waals surface area (Å²) in [5.74, 6) is 0.692. The topological polar surface area (TPSA) is 49.3 Å². The van der Waals surface area contributed by atoms with E-state index in [1.807, 2.05) is 0 Å². The molecule has 12 heavy (non-hydrogen) atoms. The summed E-state index contributed by atoms with van der Waals surface area (Å²) in [7, 11) is 0. The van der Waals surface area contributed by atoms with Crippen LogP contribution < -0.4 is 5.32 Å². The first-order valence-corrected chi connectivity index (χ1v) is 4.62. The molecular weight excluding hydrogens is 154 g/mol. The van der Waals surface area contributed by atoms with Gasteiger partial charge in [-0.3, -0.25) is 4.79 Å². The summed E-state index contributed by atoms with van der Waals surface area (Å²) < 4.78 is 0. The number of rotatable bonds is 4. The van der Waals surface area contributed by atoms with Crippen molar-refractivity contribution in [3.05, 3.63) is 0 Å². The van der Waals surface area contributed by atoms with Crippen LogP contribution in [-0.4, -0.2) is 23.7 Å². The van der Waals surface area contributed by atoms with Gasteiger partial charge in [-0.15, -0.1) is 0 Å². The van der Waals surface area contributed by atoms with Crippen molar-refractivity contribution in [1.29, 1.82) is 0 Å². The van der Waals surface area contributed by atoms with Gasteiger partial charge in [0.15, 0.2) is 0 Å². The number of carbonyl (C=O) groups is 1. The highest BCUT2D eigenvalue weighted by Gasteiger charge is 2.20. The van der Waals surface area contributed by atoms with Crippen molar-refractivity contribution in [1.82, 2.24) is 5.32 Å². The molecule has 0 radical (unpaired) electrons. The highest BCUT2D eigenvalue weighted by Crippen LogP contribution is 2.29. The Balaban J connectivity index is 2.10. The molecule has 1 aliphatic carbocycles. The van der Waals surface area contributed by atoms with Crippen molar-refractivity contribution >= 4 is 5.91 Å². The molecule has 1 aliphatic rings. The third-order valence-corrected chi connectivity index (χ3v) is 2.38. The van der Waals surface area contributed by atoms with Crippen LogP contribution in [0.4, 0.5) is 0 Å². The van der Waals surface area contributed by atoms with Crippen molar-refractivity contribution in [2.75, 3.05) is 6.61 Å². The summed E-state index contributed by atoms with van der Waals surface area (Å²) in [4.78, 5) is 11.2. The molecule has 3 heteroatoms. The third kappa shape index (κ3) is 2.81. The first kappa shape index (κ1) is 9.52. The molecule has 0 aliphatic heterocycles. The minimum atomic E-state index is -0.0995. The maximum absolute atomic E-state index is 11.2. The molecule has 1 amide bonds. The SMILES string of the molecule is C[C@@H](CO)NC(=O)CC1CCC1. The van der Waals surface area contributed by atoms with E-state index in [0.717, 1.165) is 0 Å². The first-order chi connectivity index (χ1) is 5.72. The van der Waals surface area contributed by atoms with Crippen molar-refractivity contribution in [3.63, 3.8) is 0 Å². The number of hydrogen-bond donors (Lipinski definition) is 2. The van der Waals surface area contributed by atoms with E-state index in [4.69, 9.17) is 5.11 Å². The Morgan fingerprint density at radius 3 is 2.75 bits per heavy atom. The average Bonchev–Trinajstić information content (AvgIpc) is 1.97. The minimum absolute atomic E-state index is 0.0242. The monoisotopic (exact) mass is 171 g/mol. The molecule has 0 unspecified atom stereocenters. The van der Waals surface area contributed by atoms with Gasteiger partial charge in [0.2, 0.25) is 5.91 Å². The number of carbonyl (C=O) groups excluding carboxylic acids is 1. The second-order valence-corrected chi connectivity index (χ2v) is 3.65. The average molecular weight is 171 g/mol. The molecule has 70 valence electrons. The Morgan fingerprint density at radius 1 is 1.67 bits per heavy atom. The fourth-order valence-corrected chi connectivity index (χ4v) is 1.34. The lowest BCUT2D eigenvalue weighted by atomic mass is 9.83. The predicted molar refractivity (Wildman–Crippen MR) is 46.6 cm³/mol. The van der Waals surface area contributed by atoms with Gasteiger partial charge < -0.3 is 10.4 Å². The van der Waals surface area contributed by atoms with Gasteiger partial charge in [0.05, 0.1) is 6.61 Å². The van der Waals surface area contributed by atoms with Gasteiger partial charge in [-0.25, -0.2) is 0 Å². The zero-order valence-electron chi connectivity index (χ0n) is 7.55. The molecule has 0 saturated heterocycles. The lowest BCUT2D eigenvalue weighted by Gasteiger charge is -2.25. The van der Waals surface area contributed by atoms with E-state index in [-0.39, 0.29) is 18.6 Å². The van der Waals surface area contributed by atoms with Crippen LogP contribution in [0, 0.1) is 5.92 Å². The van der Waals surface area contributed by atoms with Crippen molar-refractivity contribution in [3.8, 4) is 0 Å². The summed E-state index contributed by atoms with van der Waals surface area (Å²) in [5.41, 5.74) is 0. The van der Waals surface area contributed by atoms with Crippen LogP contribution >= 0.6 is 0 Å². The molecule has 0 heterocycles. The number of nitrogens with one attached hydrogen (secondary N) is 1. The first-order valence-electron chi connectivity index (χ1n) is 4.62. The molecule has 3 nitrogen and oxygen atoms in total. The summed E-state index contributed by atoms with van der Waals surface area (Å²) in [5, 5.41) is 11.4. The molecule has 1 saturated carbocycles. The second kappa shape index (κ2) is 4.45. The van der Waals surface area contributed by atoms with Crippen molar-refractivity contribution in [2.45, 2.75) is 38.6 Å². The van der Waals surface area contributed by atoms with Crippen LogP contribution in [0.15, 0.2) is 0 Å². The lowest BCUT2D eigenvalue weighted by Crippen LogP contribution is -2.36. The maximum atomic E-state index is 11.2. The zero-order valence-corrected chi connectivity index (χ0v) is 7.55. The molecule has 1 rings (SSSR count). The Kier molecular flexibility index (Phi) is 3.53. The van der Waals surface area contributed by atoms with Gasteiger partial charge in [-0.05, 0) is 25.7 Å². The fraction of sp³-hybridized carbons (Fsp3) is 0.889. The van der Waals surface area contributed by atoms with Crippen molar-refractivity contribution in [2.24, 2.45) is 5.92 Å². The van der Waals surface area contributed by atoms with Crippen LogP contribution in [0.2, 0.25) is 0 Å². The summed E-state index contributed by atoms with van der Waals surface area (Å²) in [6.07, 6.45) is 4.31. The Hall–Kier alpha value is -0.570. The van der Waals surface area contributed by atoms with E-state index in [1.54, 1.807) is 6.92 Å². The molecule has 0 aromatic heterocycles. The normalized spacial score (nSPS) is 19.8.